The normalized spacial score (nSPS) is 16.2. The Kier molecular flexibility index (Phi) is 4.93. The number of sulfone groups is 1. The van der Waals surface area contributed by atoms with Gasteiger partial charge in [0, 0.05) is 31.1 Å². The van der Waals surface area contributed by atoms with Crippen LogP contribution in [0.25, 0.3) is 11.0 Å². The third kappa shape index (κ3) is 3.96. The minimum absolute atomic E-state index is 0.0904. The molecule has 1 unspecified atom stereocenters. The Labute approximate surface area is 185 Å². The monoisotopic (exact) mass is 449 g/mol. The van der Waals surface area contributed by atoms with Crippen LogP contribution in [0.5, 0.6) is 0 Å². The summed E-state index contributed by atoms with van der Waals surface area (Å²) >= 11 is 0. The molecule has 0 spiro atoms. The first-order chi connectivity index (χ1) is 15.4. The number of hydrogen-bond donors (Lipinski definition) is 3. The number of anilines is 3. The molecule has 2 aromatic heterocycles. The Balaban J connectivity index is 1.42. The minimum atomic E-state index is -3.21. The predicted molar refractivity (Wildman–Crippen MR) is 124 cm³/mol. The summed E-state index contributed by atoms with van der Waals surface area (Å²) in [7, 11) is -3.21. The van der Waals surface area contributed by atoms with Crippen LogP contribution in [-0.2, 0) is 22.8 Å². The van der Waals surface area contributed by atoms with Crippen molar-refractivity contribution in [1.29, 1.82) is 0 Å². The van der Waals surface area contributed by atoms with E-state index in [2.05, 4.69) is 42.5 Å². The Hall–Kier alpha value is -3.66. The molecule has 0 saturated heterocycles. The average molecular weight is 450 g/mol. The quantitative estimate of drug-likeness (QED) is 0.423. The van der Waals surface area contributed by atoms with Gasteiger partial charge >= 0.3 is 0 Å². The third-order valence-corrected chi connectivity index (χ3v) is 6.76. The lowest BCUT2D eigenvalue weighted by molar-refractivity contribution is 0.602. The van der Waals surface area contributed by atoms with Gasteiger partial charge in [-0.2, -0.15) is 15.1 Å². The van der Waals surface area contributed by atoms with Crippen LogP contribution in [0.15, 0.2) is 59.6 Å². The summed E-state index contributed by atoms with van der Waals surface area (Å²) in [5, 5.41) is 11.2. The smallest absolute Gasteiger partial charge is 0.224 e. The van der Waals surface area contributed by atoms with Crippen LogP contribution in [0.2, 0.25) is 0 Å². The number of nitrogens with one attached hydrogen (secondary N) is 2. The van der Waals surface area contributed by atoms with Crippen LogP contribution in [0, 0.1) is 0 Å². The summed E-state index contributed by atoms with van der Waals surface area (Å²) in [6.45, 7) is 1.40. The molecule has 9 nitrogen and oxygen atoms in total. The van der Waals surface area contributed by atoms with Crippen LogP contribution in [-0.4, -0.2) is 47.4 Å². The zero-order chi connectivity index (χ0) is 22.3. The number of aromatic amines is 1. The van der Waals surface area contributed by atoms with E-state index in [1.807, 2.05) is 24.3 Å². The first kappa shape index (κ1) is 20.3. The number of aromatic nitrogens is 4. The van der Waals surface area contributed by atoms with Gasteiger partial charge in [0.2, 0.25) is 5.95 Å². The van der Waals surface area contributed by atoms with Crippen LogP contribution in [0.4, 0.5) is 17.5 Å². The van der Waals surface area contributed by atoms with Crippen LogP contribution in [0.3, 0.4) is 0 Å². The van der Waals surface area contributed by atoms with Crippen LogP contribution in [0.1, 0.15) is 11.1 Å². The Morgan fingerprint density at radius 1 is 1.16 bits per heavy atom. The molecule has 32 heavy (non-hydrogen) atoms. The van der Waals surface area contributed by atoms with Crippen molar-refractivity contribution in [2.75, 3.05) is 28.8 Å². The van der Waals surface area contributed by atoms with E-state index < -0.39 is 9.84 Å². The highest BCUT2D eigenvalue weighted by Gasteiger charge is 2.25. The molecular formula is C22H23N7O2S. The summed E-state index contributed by atoms with van der Waals surface area (Å²) in [6.07, 6.45) is 3.74. The number of fused-ring (bicyclic) bond motifs is 2. The molecule has 0 saturated carbocycles. The van der Waals surface area contributed by atoms with Gasteiger partial charge in [0.1, 0.15) is 5.82 Å². The molecule has 0 radical (unpaired) electrons. The van der Waals surface area contributed by atoms with Crippen molar-refractivity contribution in [3.8, 4) is 0 Å². The maximum atomic E-state index is 11.8. The van der Waals surface area contributed by atoms with Crippen molar-refractivity contribution in [2.24, 2.45) is 0 Å². The number of benzene rings is 2. The Morgan fingerprint density at radius 3 is 2.72 bits per heavy atom. The first-order valence-corrected chi connectivity index (χ1v) is 12.1. The number of hydrogen-bond acceptors (Lipinski definition) is 8. The van der Waals surface area contributed by atoms with E-state index in [1.54, 1.807) is 18.3 Å². The minimum Gasteiger partial charge on any atom is -0.368 e. The van der Waals surface area contributed by atoms with E-state index in [9.17, 15) is 8.42 Å². The van der Waals surface area contributed by atoms with Gasteiger partial charge in [0.15, 0.2) is 15.5 Å². The Bertz CT molecular complexity index is 1380. The molecule has 10 heteroatoms. The van der Waals surface area contributed by atoms with Crippen molar-refractivity contribution >= 4 is 38.3 Å². The number of rotatable bonds is 5. The molecule has 3 heterocycles. The second kappa shape index (κ2) is 7.79. The van der Waals surface area contributed by atoms with Gasteiger partial charge in [-0.05, 0) is 35.7 Å². The second-order valence-electron chi connectivity index (χ2n) is 8.03. The van der Waals surface area contributed by atoms with E-state index in [0.29, 0.717) is 22.9 Å². The summed E-state index contributed by atoms with van der Waals surface area (Å²) in [6, 6.07) is 15.5. The zero-order valence-electron chi connectivity index (χ0n) is 17.5. The molecule has 1 atom stereocenters. The molecule has 0 fully saturated rings. The van der Waals surface area contributed by atoms with Gasteiger partial charge in [-0.1, -0.05) is 30.3 Å². The molecule has 164 valence electrons. The van der Waals surface area contributed by atoms with E-state index in [-0.39, 0.29) is 12.0 Å². The molecule has 1 aliphatic heterocycles. The second-order valence-corrected chi connectivity index (χ2v) is 10.0. The highest BCUT2D eigenvalue weighted by Crippen LogP contribution is 2.30. The van der Waals surface area contributed by atoms with Crippen molar-refractivity contribution < 1.29 is 8.42 Å². The maximum absolute atomic E-state index is 11.8. The van der Waals surface area contributed by atoms with Gasteiger partial charge < -0.3 is 16.0 Å². The number of nitrogens with zero attached hydrogens (tertiary/aromatic N) is 4. The molecule has 4 N–H and O–H groups in total. The lowest BCUT2D eigenvalue weighted by Crippen LogP contribution is -2.42. The molecule has 4 aromatic rings. The molecular weight excluding hydrogens is 426 g/mol. The molecule has 2 aromatic carbocycles. The fourth-order valence-electron chi connectivity index (χ4n) is 4.15. The van der Waals surface area contributed by atoms with Crippen molar-refractivity contribution in [1.82, 2.24) is 20.2 Å². The topological polar surface area (TPSA) is 130 Å². The van der Waals surface area contributed by atoms with Crippen LogP contribution >= 0.6 is 0 Å². The first-order valence-electron chi connectivity index (χ1n) is 10.2. The predicted octanol–water partition coefficient (Wildman–Crippen LogP) is 2.38. The molecule has 0 aliphatic carbocycles. The van der Waals surface area contributed by atoms with E-state index >= 15 is 0 Å². The zero-order valence-corrected chi connectivity index (χ0v) is 18.3. The van der Waals surface area contributed by atoms with Crippen molar-refractivity contribution in [3.05, 3.63) is 65.9 Å². The average Bonchev–Trinajstić information content (AvgIpc) is 3.22. The number of nitrogens with two attached hydrogens (primary N) is 1. The highest BCUT2D eigenvalue weighted by molar-refractivity contribution is 7.90. The van der Waals surface area contributed by atoms with Gasteiger partial charge in [0.25, 0.3) is 0 Å². The summed E-state index contributed by atoms with van der Waals surface area (Å²) in [5.74, 6) is 0.839. The Morgan fingerprint density at radius 2 is 1.94 bits per heavy atom. The van der Waals surface area contributed by atoms with Crippen LogP contribution < -0.4 is 16.0 Å². The number of para-hydroxylation sites is 1. The van der Waals surface area contributed by atoms with Gasteiger partial charge in [-0.15, -0.1) is 0 Å². The number of nitrogen functional groups attached to an aromatic ring is 1. The fraction of sp³-hybridized carbons (Fsp3) is 0.227. The summed E-state index contributed by atoms with van der Waals surface area (Å²) in [5.41, 5.74) is 9.91. The molecule has 0 bridgehead atoms. The molecule has 1 aliphatic rings. The summed E-state index contributed by atoms with van der Waals surface area (Å²) < 4.78 is 23.5. The highest BCUT2D eigenvalue weighted by atomic mass is 32.2. The largest absolute Gasteiger partial charge is 0.368 e. The van der Waals surface area contributed by atoms with Gasteiger partial charge in [-0.25, -0.2) is 8.42 Å². The van der Waals surface area contributed by atoms with Crippen molar-refractivity contribution in [2.45, 2.75) is 23.9 Å². The SMILES string of the molecule is CS(=O)(=O)c1ccc(CN2CC(Nc3nc(N)nc4[nH]ncc34)Cc3ccccc32)cc1. The maximum Gasteiger partial charge on any atom is 0.224 e. The van der Waals surface area contributed by atoms with E-state index in [0.717, 1.165) is 23.9 Å². The van der Waals surface area contributed by atoms with Gasteiger partial charge in [-0.3, -0.25) is 5.10 Å². The van der Waals surface area contributed by atoms with Gasteiger partial charge in [0.05, 0.1) is 16.5 Å². The standard InChI is InChI=1S/C22H23N7O2S/c1-32(30,31)17-8-6-14(7-9-17)12-29-13-16(10-15-4-2-3-5-19(15)29)25-20-18-11-24-28-21(18)27-22(23)26-20/h2-9,11,16H,10,12-13H2,1H3,(H4,23,24,25,26,27,28). The third-order valence-electron chi connectivity index (χ3n) is 5.63. The lowest BCUT2D eigenvalue weighted by atomic mass is 9.97. The summed E-state index contributed by atoms with van der Waals surface area (Å²) in [4.78, 5) is 11.2. The fourth-order valence-corrected chi connectivity index (χ4v) is 4.78. The van der Waals surface area contributed by atoms with E-state index in [4.69, 9.17) is 5.73 Å². The number of H-pyrrole nitrogens is 1. The van der Waals surface area contributed by atoms with Crippen molar-refractivity contribution in [3.63, 3.8) is 0 Å². The lowest BCUT2D eigenvalue weighted by Gasteiger charge is -2.37. The van der Waals surface area contributed by atoms with E-state index in [1.165, 1.54) is 17.5 Å². The molecule has 5 rings (SSSR count). The molecule has 0 amide bonds.